The summed E-state index contributed by atoms with van der Waals surface area (Å²) in [5.74, 6) is 3.76. The molecule has 1 aromatic carbocycles. The molecule has 1 amide bonds. The lowest BCUT2D eigenvalue weighted by molar-refractivity contribution is -0.704. The number of carbonyl (C=O) groups excluding carboxylic acids is 2. The third-order valence-corrected chi connectivity index (χ3v) is 6.14. The van der Waals surface area contributed by atoms with E-state index in [9.17, 15) is 19.1 Å². The number of amides is 1. The minimum atomic E-state index is -1.44. The highest BCUT2D eigenvalue weighted by Crippen LogP contribution is 2.29. The van der Waals surface area contributed by atoms with Crippen molar-refractivity contribution in [3.05, 3.63) is 70.1 Å². The lowest BCUT2D eigenvalue weighted by atomic mass is 10.2. The molecule has 2 aromatic heterocycles. The van der Waals surface area contributed by atoms with Crippen molar-refractivity contribution in [1.29, 1.82) is 0 Å². The van der Waals surface area contributed by atoms with Gasteiger partial charge in [0.2, 0.25) is 6.33 Å². The Kier molecular flexibility index (Phi) is 11.6. The molecule has 11 heteroatoms. The number of carbonyl (C=O) groups is 2. The van der Waals surface area contributed by atoms with Crippen LogP contribution in [-0.4, -0.2) is 34.3 Å². The van der Waals surface area contributed by atoms with Crippen LogP contribution in [0, 0.1) is 17.7 Å². The molecule has 0 bridgehead atoms. The second-order valence-corrected chi connectivity index (χ2v) is 9.34. The summed E-state index contributed by atoms with van der Waals surface area (Å²) < 4.78 is 23.4. The molecule has 0 aliphatic rings. The van der Waals surface area contributed by atoms with E-state index >= 15 is 0 Å². The second kappa shape index (κ2) is 14.4. The van der Waals surface area contributed by atoms with Crippen molar-refractivity contribution in [2.75, 3.05) is 11.9 Å². The van der Waals surface area contributed by atoms with E-state index in [1.807, 2.05) is 40.0 Å². The Morgan fingerprint density at radius 1 is 1.28 bits per heavy atom. The number of ether oxygens (including phenoxy) is 1. The van der Waals surface area contributed by atoms with Crippen LogP contribution in [0.25, 0.3) is 0 Å². The zero-order valence-electron chi connectivity index (χ0n) is 20.0. The molecule has 36 heavy (non-hydrogen) atoms. The van der Waals surface area contributed by atoms with Crippen LogP contribution in [0.4, 0.5) is 10.1 Å². The maximum absolute atomic E-state index is 13.0. The van der Waals surface area contributed by atoms with Crippen molar-refractivity contribution in [2.24, 2.45) is 0 Å². The van der Waals surface area contributed by atoms with Crippen molar-refractivity contribution >= 4 is 40.5 Å². The number of thiophene rings is 1. The van der Waals surface area contributed by atoms with Gasteiger partial charge in [-0.1, -0.05) is 17.5 Å². The highest BCUT2D eigenvalue weighted by atomic mass is 35.5. The van der Waals surface area contributed by atoms with Crippen molar-refractivity contribution in [3.63, 3.8) is 0 Å². The lowest BCUT2D eigenvalue weighted by Gasteiger charge is -2.13. The van der Waals surface area contributed by atoms with E-state index < -0.39 is 18.1 Å². The summed E-state index contributed by atoms with van der Waals surface area (Å²) in [6, 6.07) is 9.03. The average Bonchev–Trinajstić information content (AvgIpc) is 3.49. The quantitative estimate of drug-likeness (QED) is 0.323. The first kappa shape index (κ1) is 29.0. The Hall–Kier alpha value is -3.23. The number of halogens is 2. The van der Waals surface area contributed by atoms with Crippen LogP contribution in [0.15, 0.2) is 55.1 Å². The van der Waals surface area contributed by atoms with Gasteiger partial charge in [-0.2, -0.15) is 0 Å². The first-order valence-corrected chi connectivity index (χ1v) is 12.1. The highest BCUT2D eigenvalue weighted by Gasteiger charge is 2.23. The average molecular weight is 536 g/mol. The van der Waals surface area contributed by atoms with Crippen LogP contribution in [0.3, 0.4) is 0 Å². The fourth-order valence-corrected chi connectivity index (χ4v) is 3.90. The zero-order valence-corrected chi connectivity index (χ0v) is 21.6. The van der Waals surface area contributed by atoms with E-state index in [4.69, 9.17) is 21.4 Å². The fraction of sp³-hybridized carbons (Fsp3) is 0.320. The van der Waals surface area contributed by atoms with Gasteiger partial charge in [0.15, 0.2) is 6.04 Å². The molecular formula is C25H27ClFN3O5S. The topological polar surface area (TPSA) is 108 Å². The standard InChI is InChI=1S/C22H21ClFN3O2S.C3H6O3/c1-3-4-13-29-19(20-9-10-21(23)30-20)14-26-11-12-27(15-26)16(2)22(28)25-18-7-5-17(24)6-8-18;1-2(4)3(5)6/h5-12,15-16,19H,13-14H2,1-2H3;2,4H,1H3,(H,5,6). The fourth-order valence-electron chi connectivity index (χ4n) is 2.80. The van der Waals surface area contributed by atoms with Crippen LogP contribution >= 0.6 is 22.9 Å². The zero-order chi connectivity index (χ0) is 26.7. The van der Waals surface area contributed by atoms with E-state index in [2.05, 4.69) is 17.2 Å². The van der Waals surface area contributed by atoms with Crippen LogP contribution in [0.5, 0.6) is 0 Å². The largest absolute Gasteiger partial charge is 0.547 e. The second-order valence-electron chi connectivity index (χ2n) is 7.59. The number of imidazole rings is 1. The van der Waals surface area contributed by atoms with Gasteiger partial charge in [0.25, 0.3) is 5.91 Å². The number of nitrogens with one attached hydrogen (secondary N) is 1. The van der Waals surface area contributed by atoms with Gasteiger partial charge in [0.05, 0.1) is 16.4 Å². The summed E-state index contributed by atoms with van der Waals surface area (Å²) >= 11 is 7.56. The molecule has 0 saturated heterocycles. The van der Waals surface area contributed by atoms with Gasteiger partial charge in [-0.3, -0.25) is 4.79 Å². The third-order valence-electron chi connectivity index (χ3n) is 4.81. The number of hydrogen-bond donors (Lipinski definition) is 2. The summed E-state index contributed by atoms with van der Waals surface area (Å²) in [6.45, 7) is 5.59. The lowest BCUT2D eigenvalue weighted by Crippen LogP contribution is -2.36. The number of hydrogen-bond acceptors (Lipinski definition) is 6. The molecule has 0 aliphatic heterocycles. The maximum atomic E-state index is 13.0. The van der Waals surface area contributed by atoms with E-state index in [1.165, 1.54) is 35.6 Å². The summed E-state index contributed by atoms with van der Waals surface area (Å²) in [6.07, 6.45) is 4.03. The minimum Gasteiger partial charge on any atom is -0.547 e. The van der Waals surface area contributed by atoms with Crippen LogP contribution < -0.4 is 15.0 Å². The van der Waals surface area contributed by atoms with Crippen molar-refractivity contribution in [1.82, 2.24) is 4.57 Å². The number of anilines is 1. The Bertz CT molecular complexity index is 1200. The number of rotatable bonds is 9. The molecule has 0 aliphatic carbocycles. The SMILES string of the molecule is CC#CCOC(C[n+]1ccn(C(C)C(=O)Nc2ccc(F)cc2)c1)c1ccc(Cl)s1.CC(O)C(=O)[O-]. The molecule has 2 N–H and O–H groups in total. The number of aliphatic hydroxyl groups excluding tert-OH is 1. The summed E-state index contributed by atoms with van der Waals surface area (Å²) in [4.78, 5) is 22.9. The number of carboxylic acid groups (broad SMARTS) is 1. The third kappa shape index (κ3) is 9.43. The molecule has 192 valence electrons. The predicted molar refractivity (Wildman–Crippen MR) is 133 cm³/mol. The summed E-state index contributed by atoms with van der Waals surface area (Å²) in [7, 11) is 0. The molecule has 3 unspecified atom stereocenters. The molecule has 2 heterocycles. The van der Waals surface area contributed by atoms with Gasteiger partial charge in [-0.05, 0) is 57.2 Å². The van der Waals surface area contributed by atoms with E-state index in [1.54, 1.807) is 13.8 Å². The predicted octanol–water partition coefficient (Wildman–Crippen LogP) is 2.73. The number of nitrogens with zero attached hydrogens (tertiary/aromatic N) is 2. The molecule has 0 radical (unpaired) electrons. The first-order valence-electron chi connectivity index (χ1n) is 10.9. The number of benzene rings is 1. The van der Waals surface area contributed by atoms with E-state index in [-0.39, 0.29) is 17.8 Å². The molecule has 8 nitrogen and oxygen atoms in total. The van der Waals surface area contributed by atoms with Crippen molar-refractivity contribution in [3.8, 4) is 11.8 Å². The van der Waals surface area contributed by atoms with Gasteiger partial charge in [0, 0.05) is 10.6 Å². The highest BCUT2D eigenvalue weighted by molar-refractivity contribution is 7.16. The van der Waals surface area contributed by atoms with Crippen molar-refractivity contribution in [2.45, 2.75) is 45.6 Å². The summed E-state index contributed by atoms with van der Waals surface area (Å²) in [5, 5.41) is 20.1. The monoisotopic (exact) mass is 535 g/mol. The number of aliphatic hydroxyl groups is 1. The summed E-state index contributed by atoms with van der Waals surface area (Å²) in [5.41, 5.74) is 0.549. The minimum absolute atomic E-state index is 0.194. The molecular weight excluding hydrogens is 509 g/mol. The first-order chi connectivity index (χ1) is 17.1. The molecule has 0 spiro atoms. The van der Waals surface area contributed by atoms with Crippen LogP contribution in [0.1, 0.15) is 37.8 Å². The van der Waals surface area contributed by atoms with Gasteiger partial charge >= 0.3 is 0 Å². The Morgan fingerprint density at radius 2 is 1.94 bits per heavy atom. The van der Waals surface area contributed by atoms with Crippen LogP contribution in [0.2, 0.25) is 4.34 Å². The molecule has 0 fully saturated rings. The molecule has 3 rings (SSSR count). The maximum Gasteiger partial charge on any atom is 0.269 e. The van der Waals surface area contributed by atoms with Gasteiger partial charge in [0.1, 0.15) is 37.5 Å². The number of aliphatic carboxylic acids is 1. The van der Waals surface area contributed by atoms with Crippen LogP contribution in [-0.2, 0) is 20.9 Å². The van der Waals surface area contributed by atoms with Gasteiger partial charge in [-0.15, -0.1) is 17.3 Å². The van der Waals surface area contributed by atoms with Crippen molar-refractivity contribution < 1.29 is 33.5 Å². The van der Waals surface area contributed by atoms with E-state index in [0.717, 1.165) is 11.8 Å². The molecule has 0 saturated carbocycles. The number of carboxylic acids is 1. The molecule has 3 aromatic rings. The number of aromatic nitrogens is 2. The Labute approximate surface area is 217 Å². The van der Waals surface area contributed by atoms with Gasteiger partial charge in [-0.25, -0.2) is 13.5 Å². The van der Waals surface area contributed by atoms with E-state index in [0.29, 0.717) is 23.2 Å². The Balaban J connectivity index is 0.000000678. The normalized spacial score (nSPS) is 12.8. The molecule has 3 atom stereocenters. The van der Waals surface area contributed by atoms with Gasteiger partial charge < -0.3 is 25.1 Å². The smallest absolute Gasteiger partial charge is 0.269 e. The Morgan fingerprint density at radius 3 is 2.50 bits per heavy atom.